The smallest absolute Gasteiger partial charge is 0.221 e. The zero-order valence-electron chi connectivity index (χ0n) is 12.9. The highest BCUT2D eigenvalue weighted by molar-refractivity contribution is 5.48. The monoisotopic (exact) mass is 278 g/mol. The molecule has 112 valence electrons. The molecule has 5 nitrogen and oxygen atoms in total. The summed E-state index contributed by atoms with van der Waals surface area (Å²) in [5.74, 6) is 2.46. The normalized spacial score (nSPS) is 15.6. The van der Waals surface area contributed by atoms with E-state index in [0.717, 1.165) is 42.5 Å². The van der Waals surface area contributed by atoms with Crippen LogP contribution in [0.15, 0.2) is 0 Å². The molecule has 0 atom stereocenters. The molecule has 2 heterocycles. The molecule has 0 spiro atoms. The van der Waals surface area contributed by atoms with Gasteiger partial charge < -0.3 is 10.1 Å². The maximum absolute atomic E-state index is 5.90. The lowest BCUT2D eigenvalue weighted by Gasteiger charge is -2.16. The Kier molecular flexibility index (Phi) is 5.59. The predicted molar refractivity (Wildman–Crippen MR) is 81.5 cm³/mol. The van der Waals surface area contributed by atoms with Crippen molar-refractivity contribution in [2.24, 2.45) is 0 Å². The van der Waals surface area contributed by atoms with Crippen LogP contribution in [-0.2, 0) is 6.42 Å². The lowest BCUT2D eigenvalue weighted by atomic mass is 10.3. The number of ether oxygens (including phenoxy) is 1. The fourth-order valence-electron chi connectivity index (χ4n) is 2.54. The first kappa shape index (κ1) is 15.0. The lowest BCUT2D eigenvalue weighted by Crippen LogP contribution is -2.25. The minimum absolute atomic E-state index is 0.701. The van der Waals surface area contributed by atoms with Gasteiger partial charge in [-0.1, -0.05) is 6.92 Å². The molecule has 0 amide bonds. The minimum atomic E-state index is 0.701. The Bertz CT molecular complexity index is 430. The third-order valence-corrected chi connectivity index (χ3v) is 3.70. The Morgan fingerprint density at radius 1 is 1.25 bits per heavy atom. The van der Waals surface area contributed by atoms with Crippen LogP contribution in [0.25, 0.3) is 0 Å². The first-order valence-electron chi connectivity index (χ1n) is 7.65. The fraction of sp³-hybridized carbons (Fsp3) is 0.733. The van der Waals surface area contributed by atoms with Gasteiger partial charge in [-0.15, -0.1) is 0 Å². The van der Waals surface area contributed by atoms with E-state index in [1.54, 1.807) is 0 Å². The maximum Gasteiger partial charge on any atom is 0.221 e. The summed E-state index contributed by atoms with van der Waals surface area (Å²) in [6, 6.07) is 0. The second-order valence-corrected chi connectivity index (χ2v) is 5.32. The highest BCUT2D eigenvalue weighted by atomic mass is 16.5. The van der Waals surface area contributed by atoms with Crippen molar-refractivity contribution in [2.45, 2.75) is 39.5 Å². The van der Waals surface area contributed by atoms with E-state index in [-0.39, 0.29) is 0 Å². The van der Waals surface area contributed by atoms with Crippen LogP contribution in [0, 0.1) is 6.92 Å². The zero-order chi connectivity index (χ0) is 14.4. The van der Waals surface area contributed by atoms with Gasteiger partial charge in [-0.2, -0.15) is 4.98 Å². The molecule has 0 saturated carbocycles. The van der Waals surface area contributed by atoms with Crippen LogP contribution in [0.1, 0.15) is 37.6 Å². The number of anilines is 1. The standard InChI is InChI=1S/C15H26N4O/c1-4-7-13-17-14(16-3)12(2)15(18-13)20-11-10-19-8-5-6-9-19/h4-11H2,1-3H3,(H,16,17,18). The first-order valence-corrected chi connectivity index (χ1v) is 7.65. The largest absolute Gasteiger partial charge is 0.476 e. The zero-order valence-corrected chi connectivity index (χ0v) is 12.9. The number of nitrogens with zero attached hydrogens (tertiary/aromatic N) is 3. The number of aryl methyl sites for hydroxylation is 1. The highest BCUT2D eigenvalue weighted by Gasteiger charge is 2.13. The SMILES string of the molecule is CCCc1nc(NC)c(C)c(OCCN2CCCC2)n1. The number of hydrogen-bond acceptors (Lipinski definition) is 5. The van der Waals surface area contributed by atoms with Gasteiger partial charge in [-0.3, -0.25) is 4.90 Å². The van der Waals surface area contributed by atoms with E-state index >= 15 is 0 Å². The molecule has 0 aliphatic carbocycles. The third-order valence-electron chi connectivity index (χ3n) is 3.70. The van der Waals surface area contributed by atoms with Gasteiger partial charge in [0.05, 0.1) is 5.56 Å². The minimum Gasteiger partial charge on any atom is -0.476 e. The summed E-state index contributed by atoms with van der Waals surface area (Å²) in [7, 11) is 1.89. The Balaban J connectivity index is 1.98. The van der Waals surface area contributed by atoms with Crippen molar-refractivity contribution in [3.8, 4) is 5.88 Å². The Morgan fingerprint density at radius 2 is 2.00 bits per heavy atom. The number of aromatic nitrogens is 2. The van der Waals surface area contributed by atoms with Gasteiger partial charge in [0.25, 0.3) is 0 Å². The third kappa shape index (κ3) is 3.82. The van der Waals surface area contributed by atoms with Gasteiger partial charge in [0.15, 0.2) is 0 Å². The van der Waals surface area contributed by atoms with E-state index in [4.69, 9.17) is 4.74 Å². The van der Waals surface area contributed by atoms with Crippen LogP contribution in [-0.4, -0.2) is 48.2 Å². The Hall–Kier alpha value is -1.36. The molecule has 5 heteroatoms. The second-order valence-electron chi connectivity index (χ2n) is 5.32. The summed E-state index contributed by atoms with van der Waals surface area (Å²) >= 11 is 0. The molecule has 2 rings (SSSR count). The van der Waals surface area contributed by atoms with Crippen molar-refractivity contribution in [3.63, 3.8) is 0 Å². The average Bonchev–Trinajstić information content (AvgIpc) is 2.95. The molecule has 1 fully saturated rings. The van der Waals surface area contributed by atoms with E-state index in [0.29, 0.717) is 6.61 Å². The van der Waals surface area contributed by atoms with E-state index < -0.39 is 0 Å². The van der Waals surface area contributed by atoms with Gasteiger partial charge in [0.1, 0.15) is 18.2 Å². The molecule has 1 aliphatic heterocycles. The molecule has 0 aromatic carbocycles. The van der Waals surface area contributed by atoms with E-state index in [1.165, 1.54) is 25.9 Å². The number of likely N-dealkylation sites (tertiary alicyclic amines) is 1. The van der Waals surface area contributed by atoms with Crippen LogP contribution in [0.3, 0.4) is 0 Å². The molecular formula is C15H26N4O. The molecule has 20 heavy (non-hydrogen) atoms. The van der Waals surface area contributed by atoms with Crippen LogP contribution in [0.2, 0.25) is 0 Å². The van der Waals surface area contributed by atoms with Gasteiger partial charge in [-0.05, 0) is 39.3 Å². The molecule has 0 radical (unpaired) electrons. The summed E-state index contributed by atoms with van der Waals surface area (Å²) in [6.07, 6.45) is 4.56. The Morgan fingerprint density at radius 3 is 2.65 bits per heavy atom. The average molecular weight is 278 g/mol. The summed E-state index contributed by atoms with van der Waals surface area (Å²) in [4.78, 5) is 11.5. The first-order chi connectivity index (χ1) is 9.74. The molecular weight excluding hydrogens is 252 g/mol. The van der Waals surface area contributed by atoms with Gasteiger partial charge in [0, 0.05) is 20.0 Å². The summed E-state index contributed by atoms with van der Waals surface area (Å²) in [5.41, 5.74) is 0.994. The lowest BCUT2D eigenvalue weighted by molar-refractivity contribution is 0.230. The molecule has 0 unspecified atom stereocenters. The second kappa shape index (κ2) is 7.43. The molecule has 0 bridgehead atoms. The van der Waals surface area contributed by atoms with Crippen molar-refractivity contribution in [1.29, 1.82) is 0 Å². The van der Waals surface area contributed by atoms with Crippen molar-refractivity contribution in [1.82, 2.24) is 14.9 Å². The van der Waals surface area contributed by atoms with Crippen molar-refractivity contribution < 1.29 is 4.74 Å². The van der Waals surface area contributed by atoms with Gasteiger partial charge in [-0.25, -0.2) is 4.98 Å². The van der Waals surface area contributed by atoms with Crippen molar-refractivity contribution in [2.75, 3.05) is 38.6 Å². The number of rotatable bonds is 7. The highest BCUT2D eigenvalue weighted by Crippen LogP contribution is 2.22. The van der Waals surface area contributed by atoms with Crippen molar-refractivity contribution in [3.05, 3.63) is 11.4 Å². The predicted octanol–water partition coefficient (Wildman–Crippen LogP) is 2.25. The molecule has 1 aliphatic rings. The van der Waals surface area contributed by atoms with Crippen LogP contribution >= 0.6 is 0 Å². The summed E-state index contributed by atoms with van der Waals surface area (Å²) in [6.45, 7) is 8.24. The van der Waals surface area contributed by atoms with Crippen LogP contribution < -0.4 is 10.1 Å². The van der Waals surface area contributed by atoms with Gasteiger partial charge in [0.2, 0.25) is 5.88 Å². The topological polar surface area (TPSA) is 50.3 Å². The van der Waals surface area contributed by atoms with Gasteiger partial charge >= 0.3 is 0 Å². The number of hydrogen-bond donors (Lipinski definition) is 1. The summed E-state index contributed by atoms with van der Waals surface area (Å²) < 4.78 is 5.90. The van der Waals surface area contributed by atoms with E-state index in [1.807, 2.05) is 14.0 Å². The molecule has 1 aromatic heterocycles. The maximum atomic E-state index is 5.90. The van der Waals surface area contributed by atoms with E-state index in [2.05, 4.69) is 27.1 Å². The molecule has 1 N–H and O–H groups in total. The van der Waals surface area contributed by atoms with Crippen LogP contribution in [0.4, 0.5) is 5.82 Å². The fourth-order valence-corrected chi connectivity index (χ4v) is 2.54. The van der Waals surface area contributed by atoms with Crippen LogP contribution in [0.5, 0.6) is 5.88 Å². The van der Waals surface area contributed by atoms with Crippen molar-refractivity contribution >= 4 is 5.82 Å². The molecule has 1 aromatic rings. The summed E-state index contributed by atoms with van der Waals surface area (Å²) in [5, 5.41) is 3.12. The number of nitrogens with one attached hydrogen (secondary N) is 1. The Labute approximate surface area is 121 Å². The van der Waals surface area contributed by atoms with E-state index in [9.17, 15) is 0 Å². The quantitative estimate of drug-likeness (QED) is 0.829. The molecule has 1 saturated heterocycles.